The van der Waals surface area contributed by atoms with Crippen LogP contribution >= 0.6 is 0 Å². The number of hydrogen-bond donors (Lipinski definition) is 3. The SMILES string of the molecule is CCOC(=O)C[C@H](c1ccc([N+](=O)[O-])cc1)[C@@H](NC(=O)[C@H](Cc1cccc(F)c1)NC(C)=O)C(N)=O. The summed E-state index contributed by atoms with van der Waals surface area (Å²) in [6, 6.07) is 7.90. The van der Waals surface area contributed by atoms with Gasteiger partial charge in [-0.3, -0.25) is 29.3 Å². The van der Waals surface area contributed by atoms with E-state index in [1.54, 1.807) is 13.0 Å². The summed E-state index contributed by atoms with van der Waals surface area (Å²) in [4.78, 5) is 60.0. The fourth-order valence-electron chi connectivity index (χ4n) is 3.65. The Labute approximate surface area is 206 Å². The van der Waals surface area contributed by atoms with Crippen LogP contribution in [0.1, 0.15) is 37.3 Å². The fraction of sp³-hybridized carbons (Fsp3) is 0.333. The molecule has 0 bridgehead atoms. The number of nitrogens with zero attached hydrogens (tertiary/aromatic N) is 1. The highest BCUT2D eigenvalue weighted by Gasteiger charge is 2.34. The molecule has 0 spiro atoms. The molecule has 12 heteroatoms. The molecule has 2 aromatic carbocycles. The van der Waals surface area contributed by atoms with E-state index in [1.165, 1.54) is 49.4 Å². The zero-order valence-corrected chi connectivity index (χ0v) is 19.7. The van der Waals surface area contributed by atoms with Gasteiger partial charge in [0.05, 0.1) is 18.0 Å². The number of rotatable bonds is 12. The summed E-state index contributed by atoms with van der Waals surface area (Å²) in [7, 11) is 0. The van der Waals surface area contributed by atoms with E-state index in [1.807, 2.05) is 0 Å². The maximum absolute atomic E-state index is 13.6. The number of halogens is 1. The molecule has 0 radical (unpaired) electrons. The third-order valence-electron chi connectivity index (χ3n) is 5.25. The van der Waals surface area contributed by atoms with Gasteiger partial charge in [-0.25, -0.2) is 4.39 Å². The average molecular weight is 502 g/mol. The van der Waals surface area contributed by atoms with Crippen LogP contribution in [0, 0.1) is 15.9 Å². The number of non-ortho nitro benzene ring substituents is 1. The molecule has 11 nitrogen and oxygen atoms in total. The number of esters is 1. The molecule has 0 aliphatic heterocycles. The minimum absolute atomic E-state index is 0.0671. The maximum atomic E-state index is 13.6. The number of hydrogen-bond acceptors (Lipinski definition) is 7. The third kappa shape index (κ3) is 8.15. The normalized spacial score (nSPS) is 13.1. The molecule has 0 saturated carbocycles. The van der Waals surface area contributed by atoms with Crippen molar-refractivity contribution < 1.29 is 33.2 Å². The second-order valence-electron chi connectivity index (χ2n) is 7.94. The van der Waals surface area contributed by atoms with E-state index in [9.17, 15) is 33.7 Å². The number of nitro benzene ring substituents is 1. The van der Waals surface area contributed by atoms with Gasteiger partial charge < -0.3 is 21.1 Å². The van der Waals surface area contributed by atoms with Crippen molar-refractivity contribution in [2.75, 3.05) is 6.61 Å². The van der Waals surface area contributed by atoms with Gasteiger partial charge in [-0.1, -0.05) is 24.3 Å². The summed E-state index contributed by atoms with van der Waals surface area (Å²) in [6.45, 7) is 2.85. The van der Waals surface area contributed by atoms with Gasteiger partial charge in [0.15, 0.2) is 0 Å². The van der Waals surface area contributed by atoms with E-state index in [0.717, 1.165) is 0 Å². The van der Waals surface area contributed by atoms with E-state index >= 15 is 0 Å². The Kier molecular flexibility index (Phi) is 10.0. The van der Waals surface area contributed by atoms with Crippen LogP contribution < -0.4 is 16.4 Å². The second-order valence-corrected chi connectivity index (χ2v) is 7.94. The summed E-state index contributed by atoms with van der Waals surface area (Å²) in [6.07, 6.45) is -0.455. The molecule has 0 unspecified atom stereocenters. The van der Waals surface area contributed by atoms with Gasteiger partial charge in [-0.15, -0.1) is 0 Å². The fourth-order valence-corrected chi connectivity index (χ4v) is 3.65. The number of nitrogens with one attached hydrogen (secondary N) is 2. The van der Waals surface area contributed by atoms with Gasteiger partial charge in [-0.2, -0.15) is 0 Å². The van der Waals surface area contributed by atoms with E-state index in [2.05, 4.69) is 10.6 Å². The topological polar surface area (TPSA) is 171 Å². The summed E-state index contributed by atoms with van der Waals surface area (Å²) >= 11 is 0. The lowest BCUT2D eigenvalue weighted by Crippen LogP contribution is -2.55. The van der Waals surface area contributed by atoms with Gasteiger partial charge in [0, 0.05) is 31.4 Å². The molecular formula is C24H27FN4O7. The predicted molar refractivity (Wildman–Crippen MR) is 126 cm³/mol. The number of nitrogens with two attached hydrogens (primary N) is 1. The molecule has 3 atom stereocenters. The summed E-state index contributed by atoms with van der Waals surface area (Å²) in [5.41, 5.74) is 6.09. The summed E-state index contributed by atoms with van der Waals surface area (Å²) < 4.78 is 18.6. The van der Waals surface area contributed by atoms with Gasteiger partial charge in [0.1, 0.15) is 17.9 Å². The number of nitro groups is 1. The molecule has 4 N–H and O–H groups in total. The minimum atomic E-state index is -1.44. The smallest absolute Gasteiger partial charge is 0.306 e. The first-order chi connectivity index (χ1) is 17.0. The van der Waals surface area contributed by atoms with Gasteiger partial charge >= 0.3 is 5.97 Å². The lowest BCUT2D eigenvalue weighted by molar-refractivity contribution is -0.384. The molecule has 2 aromatic rings. The highest BCUT2D eigenvalue weighted by atomic mass is 19.1. The Hall–Kier alpha value is -4.35. The Bertz CT molecular complexity index is 1120. The second kappa shape index (κ2) is 12.9. The molecule has 0 aliphatic carbocycles. The molecule has 0 aliphatic rings. The van der Waals surface area contributed by atoms with Crippen LogP contribution in [0.25, 0.3) is 0 Å². The predicted octanol–water partition coefficient (Wildman–Crippen LogP) is 1.49. The molecule has 0 aromatic heterocycles. The van der Waals surface area contributed by atoms with E-state index in [0.29, 0.717) is 11.1 Å². The van der Waals surface area contributed by atoms with Crippen molar-refractivity contribution in [1.29, 1.82) is 0 Å². The molecule has 0 fully saturated rings. The van der Waals surface area contributed by atoms with Gasteiger partial charge in [0.25, 0.3) is 5.69 Å². The van der Waals surface area contributed by atoms with Crippen molar-refractivity contribution in [3.05, 3.63) is 75.6 Å². The van der Waals surface area contributed by atoms with Crippen molar-refractivity contribution in [3.63, 3.8) is 0 Å². The molecule has 2 rings (SSSR count). The lowest BCUT2D eigenvalue weighted by Gasteiger charge is -2.27. The molecule has 0 heterocycles. The van der Waals surface area contributed by atoms with Crippen LogP contribution in [0.2, 0.25) is 0 Å². The lowest BCUT2D eigenvalue weighted by atomic mass is 9.87. The molecule has 0 saturated heterocycles. The van der Waals surface area contributed by atoms with E-state index in [4.69, 9.17) is 10.5 Å². The van der Waals surface area contributed by atoms with Crippen molar-refractivity contribution in [1.82, 2.24) is 10.6 Å². The average Bonchev–Trinajstić information content (AvgIpc) is 2.80. The van der Waals surface area contributed by atoms with Crippen LogP contribution in [0.4, 0.5) is 10.1 Å². The van der Waals surface area contributed by atoms with E-state index in [-0.39, 0.29) is 25.1 Å². The molecular weight excluding hydrogens is 475 g/mol. The first-order valence-corrected chi connectivity index (χ1v) is 11.0. The van der Waals surface area contributed by atoms with Crippen molar-refractivity contribution in [2.45, 2.75) is 44.7 Å². The minimum Gasteiger partial charge on any atom is -0.466 e. The van der Waals surface area contributed by atoms with Crippen LogP contribution in [0.5, 0.6) is 0 Å². The van der Waals surface area contributed by atoms with Crippen LogP contribution in [-0.2, 0) is 30.3 Å². The number of carbonyl (C=O) groups excluding carboxylic acids is 4. The molecule has 36 heavy (non-hydrogen) atoms. The zero-order valence-electron chi connectivity index (χ0n) is 19.7. The van der Waals surface area contributed by atoms with Gasteiger partial charge in [0.2, 0.25) is 17.7 Å². The number of ether oxygens (including phenoxy) is 1. The third-order valence-corrected chi connectivity index (χ3v) is 5.25. The Morgan fingerprint density at radius 2 is 1.78 bits per heavy atom. The number of benzene rings is 2. The quantitative estimate of drug-likeness (QED) is 0.224. The van der Waals surface area contributed by atoms with Crippen molar-refractivity contribution >= 4 is 29.4 Å². The monoisotopic (exact) mass is 502 g/mol. The van der Waals surface area contributed by atoms with Crippen LogP contribution in [0.15, 0.2) is 48.5 Å². The largest absolute Gasteiger partial charge is 0.466 e. The Morgan fingerprint density at radius 1 is 1.11 bits per heavy atom. The van der Waals surface area contributed by atoms with Gasteiger partial charge in [-0.05, 0) is 30.2 Å². The first kappa shape index (κ1) is 27.9. The highest BCUT2D eigenvalue weighted by Crippen LogP contribution is 2.27. The number of amides is 3. The summed E-state index contributed by atoms with van der Waals surface area (Å²) in [5, 5.41) is 15.9. The zero-order chi connectivity index (χ0) is 26.8. The standard InChI is InChI=1S/C24H27FN4O7/c1-3-36-21(31)13-19(16-7-9-18(10-8-16)29(34)35)22(23(26)32)28-24(33)20(27-14(2)30)12-15-5-4-6-17(25)11-15/h4-11,19-20,22H,3,12-13H2,1-2H3,(H2,26,32)(H,27,30)(H,28,33)/t19-,20+,22-/m1/s1. The Balaban J connectivity index is 2.38. The van der Waals surface area contributed by atoms with Crippen LogP contribution in [-0.4, -0.2) is 47.3 Å². The van der Waals surface area contributed by atoms with Crippen LogP contribution in [0.3, 0.4) is 0 Å². The van der Waals surface area contributed by atoms with Crippen molar-refractivity contribution in [3.8, 4) is 0 Å². The molecule has 192 valence electrons. The maximum Gasteiger partial charge on any atom is 0.306 e. The van der Waals surface area contributed by atoms with Crippen molar-refractivity contribution in [2.24, 2.45) is 5.73 Å². The highest BCUT2D eigenvalue weighted by molar-refractivity contribution is 5.92. The molecule has 3 amide bonds. The Morgan fingerprint density at radius 3 is 2.31 bits per heavy atom. The number of primary amides is 1. The summed E-state index contributed by atoms with van der Waals surface area (Å²) in [5.74, 6) is -4.56. The number of carbonyl (C=O) groups is 4. The first-order valence-electron chi connectivity index (χ1n) is 11.0. The van der Waals surface area contributed by atoms with E-state index < -0.39 is 52.4 Å².